The molecule has 6 N–H and O–H groups in total. The molecule has 35 heavy (non-hydrogen) atoms. The zero-order valence-corrected chi connectivity index (χ0v) is 19.8. The van der Waals surface area contributed by atoms with Crippen molar-refractivity contribution in [3.63, 3.8) is 0 Å². The predicted molar refractivity (Wildman–Crippen MR) is 139 cm³/mol. The Bertz CT molecular complexity index is 1470. The number of nitrogen functional groups attached to an aromatic ring is 2. The molecule has 0 atom stereocenters. The number of para-hydroxylation sites is 1. The van der Waals surface area contributed by atoms with Crippen LogP contribution < -0.4 is 20.9 Å². The fraction of sp³-hybridized carbons (Fsp3) is 0.0769. The van der Waals surface area contributed by atoms with Crippen molar-refractivity contribution >= 4 is 21.5 Å². The van der Waals surface area contributed by atoms with Crippen molar-refractivity contribution in [2.24, 2.45) is 5.73 Å². The summed E-state index contributed by atoms with van der Waals surface area (Å²) in [6, 6.07) is 24.1. The van der Waals surface area contributed by atoms with Crippen molar-refractivity contribution in [3.8, 4) is 33.9 Å². The molecule has 0 aliphatic carbocycles. The van der Waals surface area contributed by atoms with E-state index in [1.54, 1.807) is 24.4 Å². The lowest BCUT2D eigenvalue weighted by atomic mass is 9.96. The molecular formula is C26H25N5O3S. The summed E-state index contributed by atoms with van der Waals surface area (Å²) in [7, 11) is -3.33. The summed E-state index contributed by atoms with van der Waals surface area (Å²) >= 11 is 0. The van der Waals surface area contributed by atoms with Crippen LogP contribution in [0.5, 0.6) is 11.5 Å². The molecule has 0 bridgehead atoms. The van der Waals surface area contributed by atoms with E-state index in [0.717, 1.165) is 23.1 Å². The highest BCUT2D eigenvalue weighted by molar-refractivity contribution is 7.88. The minimum absolute atomic E-state index is 0.141. The first-order chi connectivity index (χ1) is 16.7. The van der Waals surface area contributed by atoms with E-state index in [9.17, 15) is 8.42 Å². The summed E-state index contributed by atoms with van der Waals surface area (Å²) in [5, 5.41) is 8.16. The Hall–Kier alpha value is -4.21. The van der Waals surface area contributed by atoms with E-state index in [-0.39, 0.29) is 18.1 Å². The number of nitrogens with two attached hydrogens (primary N) is 2. The number of benzene rings is 3. The molecule has 0 fully saturated rings. The zero-order valence-electron chi connectivity index (χ0n) is 19.0. The van der Waals surface area contributed by atoms with Gasteiger partial charge in [-0.05, 0) is 41.5 Å². The summed E-state index contributed by atoms with van der Waals surface area (Å²) in [6.45, 7) is 0.141. The number of nitrogens with one attached hydrogen (secondary N) is 2. The largest absolute Gasteiger partial charge is 0.457 e. The maximum Gasteiger partial charge on any atom is 0.209 e. The molecule has 4 aromatic rings. The van der Waals surface area contributed by atoms with Crippen LogP contribution in [-0.2, 0) is 16.6 Å². The van der Waals surface area contributed by atoms with Crippen LogP contribution in [0.4, 0.5) is 5.69 Å². The van der Waals surface area contributed by atoms with E-state index < -0.39 is 10.0 Å². The molecule has 178 valence electrons. The minimum Gasteiger partial charge on any atom is -0.457 e. The number of aromatic nitrogens is 1. The number of amidine groups is 1. The molecule has 0 amide bonds. The quantitative estimate of drug-likeness (QED) is 0.217. The molecular weight excluding hydrogens is 462 g/mol. The van der Waals surface area contributed by atoms with E-state index in [2.05, 4.69) is 9.71 Å². The third kappa shape index (κ3) is 5.84. The SMILES string of the molecule is CS(=O)(=O)NCc1cccc(-c2ncc(-c3ccc(Oc4ccccc4)cc3)c(C(=N)N)c2N)c1. The Morgan fingerprint density at radius 3 is 2.31 bits per heavy atom. The van der Waals surface area contributed by atoms with Gasteiger partial charge in [0.1, 0.15) is 17.3 Å². The molecule has 1 aromatic heterocycles. The van der Waals surface area contributed by atoms with Crippen molar-refractivity contribution in [2.75, 3.05) is 12.0 Å². The predicted octanol–water partition coefficient (Wildman–Crippen LogP) is 4.12. The normalized spacial score (nSPS) is 11.2. The number of sulfonamides is 1. The average Bonchev–Trinajstić information content (AvgIpc) is 2.83. The van der Waals surface area contributed by atoms with Gasteiger partial charge in [0.25, 0.3) is 0 Å². The highest BCUT2D eigenvalue weighted by atomic mass is 32.2. The smallest absolute Gasteiger partial charge is 0.209 e. The van der Waals surface area contributed by atoms with Gasteiger partial charge in [0.15, 0.2) is 0 Å². The summed E-state index contributed by atoms with van der Waals surface area (Å²) < 4.78 is 31.2. The van der Waals surface area contributed by atoms with Crippen LogP contribution in [0.25, 0.3) is 22.4 Å². The van der Waals surface area contributed by atoms with Gasteiger partial charge >= 0.3 is 0 Å². The van der Waals surface area contributed by atoms with Crippen molar-refractivity contribution in [1.29, 1.82) is 5.41 Å². The number of nitrogens with zero attached hydrogens (tertiary/aromatic N) is 1. The Morgan fingerprint density at radius 1 is 0.971 bits per heavy atom. The van der Waals surface area contributed by atoms with Gasteiger partial charge in [-0.15, -0.1) is 0 Å². The Morgan fingerprint density at radius 2 is 1.66 bits per heavy atom. The van der Waals surface area contributed by atoms with Crippen molar-refractivity contribution in [3.05, 3.63) is 96.2 Å². The molecule has 0 aliphatic heterocycles. The second-order valence-electron chi connectivity index (χ2n) is 7.96. The molecule has 0 spiro atoms. The van der Waals surface area contributed by atoms with Crippen molar-refractivity contribution in [2.45, 2.75) is 6.54 Å². The lowest BCUT2D eigenvalue weighted by molar-refractivity contribution is 0.483. The molecule has 4 rings (SSSR count). The number of hydrogen-bond donors (Lipinski definition) is 4. The average molecular weight is 488 g/mol. The van der Waals surface area contributed by atoms with Crippen molar-refractivity contribution in [1.82, 2.24) is 9.71 Å². The lowest BCUT2D eigenvalue weighted by Gasteiger charge is -2.16. The summed E-state index contributed by atoms with van der Waals surface area (Å²) in [5.74, 6) is 1.22. The topological polar surface area (TPSA) is 144 Å². The zero-order chi connectivity index (χ0) is 25.0. The maximum absolute atomic E-state index is 11.4. The number of rotatable bonds is 8. The second kappa shape index (κ2) is 9.96. The Balaban J connectivity index is 1.66. The highest BCUT2D eigenvalue weighted by Crippen LogP contribution is 2.34. The molecule has 0 saturated heterocycles. The number of ether oxygens (including phenoxy) is 1. The molecule has 3 aromatic carbocycles. The van der Waals surface area contributed by atoms with Crippen LogP contribution in [0, 0.1) is 5.41 Å². The van der Waals surface area contributed by atoms with Crippen molar-refractivity contribution < 1.29 is 13.2 Å². The maximum atomic E-state index is 11.4. The van der Waals surface area contributed by atoms with Gasteiger partial charge in [0.2, 0.25) is 10.0 Å². The van der Waals surface area contributed by atoms with Gasteiger partial charge in [-0.25, -0.2) is 13.1 Å². The minimum atomic E-state index is -3.33. The van der Waals surface area contributed by atoms with Crippen LogP contribution in [0.1, 0.15) is 11.1 Å². The highest BCUT2D eigenvalue weighted by Gasteiger charge is 2.18. The fourth-order valence-corrected chi connectivity index (χ4v) is 4.06. The van der Waals surface area contributed by atoms with Gasteiger partial charge in [-0.1, -0.05) is 48.5 Å². The first-order valence-corrected chi connectivity index (χ1v) is 12.6. The van der Waals surface area contributed by atoms with E-state index in [1.807, 2.05) is 60.7 Å². The molecule has 0 saturated carbocycles. The Kier molecular flexibility index (Phi) is 6.81. The van der Waals surface area contributed by atoms with Gasteiger partial charge < -0.3 is 16.2 Å². The third-order valence-electron chi connectivity index (χ3n) is 5.27. The Labute approximate surface area is 204 Å². The number of hydrogen-bond acceptors (Lipinski definition) is 6. The molecule has 0 radical (unpaired) electrons. The van der Waals surface area contributed by atoms with Crippen LogP contribution in [0.3, 0.4) is 0 Å². The van der Waals surface area contributed by atoms with Crippen LogP contribution >= 0.6 is 0 Å². The summed E-state index contributed by atoms with van der Waals surface area (Å²) in [5.41, 5.74) is 16.4. The van der Waals surface area contributed by atoms with Crippen LogP contribution in [0.15, 0.2) is 85.1 Å². The summed E-state index contributed by atoms with van der Waals surface area (Å²) in [6.07, 6.45) is 2.74. The summed E-state index contributed by atoms with van der Waals surface area (Å²) in [4.78, 5) is 4.56. The van der Waals surface area contributed by atoms with Gasteiger partial charge in [0, 0.05) is 23.9 Å². The first kappa shape index (κ1) is 23.9. The van der Waals surface area contributed by atoms with E-state index >= 15 is 0 Å². The monoisotopic (exact) mass is 487 g/mol. The number of anilines is 1. The molecule has 1 heterocycles. The third-order valence-corrected chi connectivity index (χ3v) is 5.94. The van der Waals surface area contributed by atoms with Gasteiger partial charge in [-0.2, -0.15) is 0 Å². The molecule has 8 nitrogen and oxygen atoms in total. The standard InChI is InChI=1S/C26H25N5O3S/c1-35(32,33)31-15-17-6-5-7-19(14-17)25-24(27)23(26(28)29)22(16-30-25)18-10-12-21(13-11-18)34-20-8-3-2-4-9-20/h2-14,16,31H,15,27H2,1H3,(H3,28,29). The van der Waals surface area contributed by atoms with Gasteiger partial charge in [-0.3, -0.25) is 10.4 Å². The van der Waals surface area contributed by atoms with Crippen LogP contribution in [-0.4, -0.2) is 25.5 Å². The van der Waals surface area contributed by atoms with Gasteiger partial charge in [0.05, 0.1) is 23.2 Å². The molecule has 9 heteroatoms. The first-order valence-electron chi connectivity index (χ1n) is 10.7. The molecule has 0 unspecified atom stereocenters. The van der Waals surface area contributed by atoms with Crippen LogP contribution in [0.2, 0.25) is 0 Å². The molecule has 0 aliphatic rings. The lowest BCUT2D eigenvalue weighted by Crippen LogP contribution is -2.21. The number of pyridine rings is 1. The second-order valence-corrected chi connectivity index (χ2v) is 9.79. The fourth-order valence-electron chi connectivity index (χ4n) is 3.64. The van der Waals surface area contributed by atoms with E-state index in [0.29, 0.717) is 28.1 Å². The van der Waals surface area contributed by atoms with E-state index in [1.165, 1.54) is 0 Å². The van der Waals surface area contributed by atoms with E-state index in [4.69, 9.17) is 21.6 Å².